The molecule has 2 N–H and O–H groups in total. The molecule has 0 unspecified atom stereocenters. The molecule has 2 amide bonds. The predicted molar refractivity (Wildman–Crippen MR) is 86.0 cm³/mol. The number of hydrogen-bond donors (Lipinski definition) is 2. The van der Waals surface area contributed by atoms with E-state index in [0.717, 1.165) is 0 Å². The minimum absolute atomic E-state index is 0.0627. The number of methoxy groups -OCH3 is 1. The highest BCUT2D eigenvalue weighted by Crippen LogP contribution is 2.21. The Morgan fingerprint density at radius 2 is 1.73 bits per heavy atom. The van der Waals surface area contributed by atoms with Crippen molar-refractivity contribution in [3.8, 4) is 0 Å². The molecule has 6 heteroatoms. The molecule has 122 valence electrons. The number of carbonyl (C=O) groups excluding carboxylic acids is 2. The fourth-order valence-electron chi connectivity index (χ4n) is 1.73. The van der Waals surface area contributed by atoms with Crippen LogP contribution in [0.15, 0.2) is 24.3 Å². The Balaban J connectivity index is 2.55. The monoisotopic (exact) mass is 308 g/mol. The number of ether oxygens (including phenoxy) is 2. The van der Waals surface area contributed by atoms with Crippen LogP contribution in [0.5, 0.6) is 0 Å². The standard InChI is InChI=1S/C16H24N2O4/c1-16(2,3)11-14(19)17-12-6-5-7-13(10-12)18-15(20)22-9-8-21-4/h5-7,10H,8-9,11H2,1-4H3,(H,17,19)(H,18,20). The zero-order chi connectivity index (χ0) is 16.6. The largest absolute Gasteiger partial charge is 0.447 e. The van der Waals surface area contributed by atoms with Crippen LogP contribution in [-0.2, 0) is 14.3 Å². The van der Waals surface area contributed by atoms with Gasteiger partial charge in [0, 0.05) is 24.9 Å². The molecule has 0 saturated carbocycles. The van der Waals surface area contributed by atoms with E-state index >= 15 is 0 Å². The summed E-state index contributed by atoms with van der Waals surface area (Å²) >= 11 is 0. The molecule has 1 aromatic rings. The molecule has 0 radical (unpaired) electrons. The maximum absolute atomic E-state index is 11.9. The van der Waals surface area contributed by atoms with E-state index in [9.17, 15) is 9.59 Å². The number of carbonyl (C=O) groups is 2. The van der Waals surface area contributed by atoms with Crippen LogP contribution in [0.3, 0.4) is 0 Å². The molecule has 0 spiro atoms. The lowest BCUT2D eigenvalue weighted by Crippen LogP contribution is -2.20. The predicted octanol–water partition coefficient (Wildman–Crippen LogP) is 3.26. The first kappa shape index (κ1) is 18.0. The first-order valence-electron chi connectivity index (χ1n) is 7.13. The molecule has 0 fully saturated rings. The zero-order valence-electron chi connectivity index (χ0n) is 13.6. The molecule has 6 nitrogen and oxygen atoms in total. The molecule has 0 aliphatic rings. The van der Waals surface area contributed by atoms with Crippen LogP contribution in [-0.4, -0.2) is 32.3 Å². The number of anilines is 2. The zero-order valence-corrected chi connectivity index (χ0v) is 13.6. The molecule has 0 aliphatic carbocycles. The van der Waals surface area contributed by atoms with Gasteiger partial charge in [-0.25, -0.2) is 4.79 Å². The summed E-state index contributed by atoms with van der Waals surface area (Å²) < 4.78 is 9.70. The lowest BCUT2D eigenvalue weighted by molar-refractivity contribution is -0.117. The van der Waals surface area contributed by atoms with Crippen LogP contribution < -0.4 is 10.6 Å². The normalized spacial score (nSPS) is 10.9. The van der Waals surface area contributed by atoms with Gasteiger partial charge in [0.05, 0.1) is 6.61 Å². The van der Waals surface area contributed by atoms with Gasteiger partial charge in [-0.2, -0.15) is 0 Å². The van der Waals surface area contributed by atoms with Crippen LogP contribution in [0.25, 0.3) is 0 Å². The second kappa shape index (κ2) is 8.38. The SMILES string of the molecule is COCCOC(=O)Nc1cccc(NC(=O)CC(C)(C)C)c1. The van der Waals surface area contributed by atoms with Gasteiger partial charge in [-0.15, -0.1) is 0 Å². The van der Waals surface area contributed by atoms with Gasteiger partial charge in [0.2, 0.25) is 5.91 Å². The smallest absolute Gasteiger partial charge is 0.411 e. The third kappa shape index (κ3) is 7.64. The molecular formula is C16H24N2O4. The van der Waals surface area contributed by atoms with Gasteiger partial charge in [-0.3, -0.25) is 10.1 Å². The molecule has 0 heterocycles. The van der Waals surface area contributed by atoms with E-state index < -0.39 is 6.09 Å². The van der Waals surface area contributed by atoms with E-state index in [0.29, 0.717) is 24.4 Å². The minimum atomic E-state index is -0.560. The molecule has 22 heavy (non-hydrogen) atoms. The van der Waals surface area contributed by atoms with E-state index in [-0.39, 0.29) is 17.9 Å². The lowest BCUT2D eigenvalue weighted by atomic mass is 9.92. The Hall–Kier alpha value is -2.08. The van der Waals surface area contributed by atoms with Crippen LogP contribution in [0, 0.1) is 5.41 Å². The number of rotatable bonds is 6. The van der Waals surface area contributed by atoms with E-state index in [4.69, 9.17) is 9.47 Å². The summed E-state index contributed by atoms with van der Waals surface area (Å²) in [4.78, 5) is 23.4. The highest BCUT2D eigenvalue weighted by molar-refractivity contribution is 5.92. The van der Waals surface area contributed by atoms with Gasteiger partial charge in [0.15, 0.2) is 0 Å². The second-order valence-corrected chi connectivity index (χ2v) is 6.12. The van der Waals surface area contributed by atoms with Crippen LogP contribution in [0.2, 0.25) is 0 Å². The van der Waals surface area contributed by atoms with Gasteiger partial charge in [0.1, 0.15) is 6.61 Å². The maximum Gasteiger partial charge on any atom is 0.411 e. The number of hydrogen-bond acceptors (Lipinski definition) is 4. The molecule has 1 aromatic carbocycles. The molecule has 1 rings (SSSR count). The van der Waals surface area contributed by atoms with Gasteiger partial charge in [-0.1, -0.05) is 26.8 Å². The Kier molecular flexibility index (Phi) is 6.85. The van der Waals surface area contributed by atoms with Crippen molar-refractivity contribution in [2.45, 2.75) is 27.2 Å². The van der Waals surface area contributed by atoms with E-state index in [1.54, 1.807) is 24.3 Å². The van der Waals surface area contributed by atoms with Crippen molar-refractivity contribution in [1.29, 1.82) is 0 Å². The van der Waals surface area contributed by atoms with Gasteiger partial charge in [0.25, 0.3) is 0 Å². The molecule has 0 aromatic heterocycles. The van der Waals surface area contributed by atoms with Crippen molar-refractivity contribution in [3.05, 3.63) is 24.3 Å². The summed E-state index contributed by atoms with van der Waals surface area (Å²) in [6.07, 6.45) is -0.140. The van der Waals surface area contributed by atoms with E-state index in [1.807, 2.05) is 20.8 Å². The van der Waals surface area contributed by atoms with Crippen molar-refractivity contribution >= 4 is 23.4 Å². The number of benzene rings is 1. The van der Waals surface area contributed by atoms with Gasteiger partial charge >= 0.3 is 6.09 Å². The van der Waals surface area contributed by atoms with E-state index in [1.165, 1.54) is 7.11 Å². The van der Waals surface area contributed by atoms with Gasteiger partial charge < -0.3 is 14.8 Å². The summed E-state index contributed by atoms with van der Waals surface area (Å²) in [6.45, 7) is 6.53. The average molecular weight is 308 g/mol. The molecule has 0 saturated heterocycles. The highest BCUT2D eigenvalue weighted by Gasteiger charge is 2.16. The molecule has 0 aliphatic heterocycles. The van der Waals surface area contributed by atoms with E-state index in [2.05, 4.69) is 10.6 Å². The fourth-order valence-corrected chi connectivity index (χ4v) is 1.73. The Morgan fingerprint density at radius 1 is 1.09 bits per heavy atom. The van der Waals surface area contributed by atoms with Crippen molar-refractivity contribution in [3.63, 3.8) is 0 Å². The number of amides is 2. The quantitative estimate of drug-likeness (QED) is 0.791. The summed E-state index contributed by atoms with van der Waals surface area (Å²) in [5.74, 6) is -0.0627. The Labute approximate surface area is 131 Å². The average Bonchev–Trinajstić information content (AvgIpc) is 2.36. The Bertz CT molecular complexity index is 509. The number of nitrogens with one attached hydrogen (secondary N) is 2. The maximum atomic E-state index is 11.9. The topological polar surface area (TPSA) is 76.7 Å². The van der Waals surface area contributed by atoms with Crippen molar-refractivity contribution in [2.75, 3.05) is 31.0 Å². The highest BCUT2D eigenvalue weighted by atomic mass is 16.6. The lowest BCUT2D eigenvalue weighted by Gasteiger charge is -2.17. The first-order valence-corrected chi connectivity index (χ1v) is 7.13. The summed E-state index contributed by atoms with van der Waals surface area (Å²) in [6, 6.07) is 6.91. The third-order valence-electron chi connectivity index (χ3n) is 2.60. The third-order valence-corrected chi connectivity index (χ3v) is 2.60. The Morgan fingerprint density at radius 3 is 2.32 bits per heavy atom. The molecule has 0 atom stereocenters. The van der Waals surface area contributed by atoms with Crippen molar-refractivity contribution < 1.29 is 19.1 Å². The van der Waals surface area contributed by atoms with Gasteiger partial charge in [-0.05, 0) is 23.6 Å². The van der Waals surface area contributed by atoms with Crippen molar-refractivity contribution in [2.24, 2.45) is 5.41 Å². The summed E-state index contributed by atoms with van der Waals surface area (Å²) in [5.41, 5.74) is 1.10. The summed E-state index contributed by atoms with van der Waals surface area (Å²) in [7, 11) is 1.53. The van der Waals surface area contributed by atoms with Crippen LogP contribution in [0.4, 0.5) is 16.2 Å². The first-order chi connectivity index (χ1) is 10.3. The molecule has 0 bridgehead atoms. The van der Waals surface area contributed by atoms with Crippen LogP contribution >= 0.6 is 0 Å². The molecular weight excluding hydrogens is 284 g/mol. The fraction of sp³-hybridized carbons (Fsp3) is 0.500. The summed E-state index contributed by atoms with van der Waals surface area (Å²) in [5, 5.41) is 5.41. The van der Waals surface area contributed by atoms with Crippen molar-refractivity contribution in [1.82, 2.24) is 0 Å². The second-order valence-electron chi connectivity index (χ2n) is 6.12. The minimum Gasteiger partial charge on any atom is -0.447 e. The van der Waals surface area contributed by atoms with Crippen LogP contribution in [0.1, 0.15) is 27.2 Å².